The molecule has 0 radical (unpaired) electrons. The lowest BCUT2D eigenvalue weighted by Crippen LogP contribution is -2.54. The van der Waals surface area contributed by atoms with Gasteiger partial charge in [-0.05, 0) is 48.0 Å². The van der Waals surface area contributed by atoms with E-state index in [1.807, 2.05) is 0 Å². The number of urea groups is 1. The molecule has 0 aliphatic carbocycles. The number of carboxylic acid groups (broad SMARTS) is 1. The lowest BCUT2D eigenvalue weighted by Gasteiger charge is -2.26. The van der Waals surface area contributed by atoms with Gasteiger partial charge < -0.3 is 14.6 Å². The van der Waals surface area contributed by atoms with Crippen molar-refractivity contribution >= 4 is 47.2 Å². The van der Waals surface area contributed by atoms with Crippen LogP contribution in [0.25, 0.3) is 6.08 Å². The number of halogens is 1. The van der Waals surface area contributed by atoms with Crippen molar-refractivity contribution < 1.29 is 33.8 Å². The van der Waals surface area contributed by atoms with Crippen LogP contribution in [0.1, 0.15) is 5.56 Å². The van der Waals surface area contributed by atoms with Crippen molar-refractivity contribution in [1.29, 1.82) is 0 Å². The Morgan fingerprint density at radius 1 is 1.13 bits per heavy atom. The maximum absolute atomic E-state index is 12.9. The molecule has 1 saturated heterocycles. The maximum Gasteiger partial charge on any atom is 0.341 e. The average Bonchev–Trinajstić information content (AvgIpc) is 2.71. The molecular weight excluding hydrogens is 416 g/mol. The van der Waals surface area contributed by atoms with Gasteiger partial charge in [0.1, 0.15) is 5.57 Å². The van der Waals surface area contributed by atoms with Crippen LogP contribution in [-0.4, -0.2) is 42.6 Å². The summed E-state index contributed by atoms with van der Waals surface area (Å²) in [6, 6.07) is 9.52. The third-order valence-electron chi connectivity index (χ3n) is 4.04. The molecule has 0 unspecified atom stereocenters. The standard InChI is InChI=1S/C20H15ClN2O7/c1-29-16-9-11(2-7-15(16)30-10-17(24)25)8-14-18(26)22-20(28)23(19(14)27)13-5-3-12(21)4-6-13/h2-9H,10H2,1H3,(H,24,25)(H,22,26,28)/b14-8-. The third kappa shape index (κ3) is 4.41. The van der Waals surface area contributed by atoms with E-state index in [1.54, 1.807) is 0 Å². The highest BCUT2D eigenvalue weighted by Crippen LogP contribution is 2.30. The number of hydrogen-bond acceptors (Lipinski definition) is 6. The van der Waals surface area contributed by atoms with Crippen LogP contribution >= 0.6 is 11.6 Å². The number of carboxylic acids is 1. The molecule has 0 aromatic heterocycles. The van der Waals surface area contributed by atoms with E-state index < -0.39 is 30.4 Å². The van der Waals surface area contributed by atoms with Gasteiger partial charge in [0, 0.05) is 5.02 Å². The number of benzene rings is 2. The Morgan fingerprint density at radius 3 is 2.47 bits per heavy atom. The zero-order chi connectivity index (χ0) is 21.8. The second-order valence-corrected chi connectivity index (χ2v) is 6.46. The van der Waals surface area contributed by atoms with Crippen LogP contribution < -0.4 is 19.7 Å². The van der Waals surface area contributed by atoms with Crippen LogP contribution in [0.3, 0.4) is 0 Å². The fourth-order valence-corrected chi connectivity index (χ4v) is 2.81. The molecule has 2 N–H and O–H groups in total. The van der Waals surface area contributed by atoms with Crippen molar-refractivity contribution in [2.75, 3.05) is 18.6 Å². The molecule has 2 aromatic rings. The van der Waals surface area contributed by atoms with E-state index in [0.717, 1.165) is 4.90 Å². The van der Waals surface area contributed by atoms with Crippen molar-refractivity contribution in [3.63, 3.8) is 0 Å². The van der Waals surface area contributed by atoms with Gasteiger partial charge in [0.05, 0.1) is 12.8 Å². The number of imide groups is 2. The van der Waals surface area contributed by atoms with E-state index in [0.29, 0.717) is 10.6 Å². The lowest BCUT2D eigenvalue weighted by atomic mass is 10.1. The number of nitrogens with one attached hydrogen (secondary N) is 1. The zero-order valence-corrected chi connectivity index (χ0v) is 16.3. The van der Waals surface area contributed by atoms with Crippen molar-refractivity contribution in [2.45, 2.75) is 0 Å². The van der Waals surface area contributed by atoms with Crippen molar-refractivity contribution in [1.82, 2.24) is 5.32 Å². The molecule has 30 heavy (non-hydrogen) atoms. The number of barbiturate groups is 1. The normalized spacial score (nSPS) is 15.2. The quantitative estimate of drug-likeness (QED) is 0.533. The Balaban J connectivity index is 1.94. The van der Waals surface area contributed by atoms with E-state index in [2.05, 4.69) is 5.32 Å². The highest BCUT2D eigenvalue weighted by molar-refractivity contribution is 6.39. The summed E-state index contributed by atoms with van der Waals surface area (Å²) in [5.41, 5.74) is 0.375. The SMILES string of the molecule is COc1cc(/C=C2/C(=O)NC(=O)N(c3ccc(Cl)cc3)C2=O)ccc1OCC(=O)O. The molecule has 4 amide bonds. The molecule has 154 valence electrons. The van der Waals surface area contributed by atoms with Crippen molar-refractivity contribution in [3.05, 3.63) is 58.6 Å². The Bertz CT molecular complexity index is 1060. The summed E-state index contributed by atoms with van der Waals surface area (Å²) < 4.78 is 10.3. The number of rotatable bonds is 6. The van der Waals surface area contributed by atoms with Crippen LogP contribution in [0.2, 0.25) is 5.02 Å². The number of nitrogens with zero attached hydrogens (tertiary/aromatic N) is 1. The highest BCUT2D eigenvalue weighted by atomic mass is 35.5. The number of amides is 4. The summed E-state index contributed by atoms with van der Waals surface area (Å²) in [6.45, 7) is -0.560. The summed E-state index contributed by atoms with van der Waals surface area (Å²) in [5, 5.41) is 11.3. The fourth-order valence-electron chi connectivity index (χ4n) is 2.68. The molecule has 0 bridgehead atoms. The zero-order valence-electron chi connectivity index (χ0n) is 15.5. The van der Waals surface area contributed by atoms with Crippen molar-refractivity contribution in [2.24, 2.45) is 0 Å². The minimum absolute atomic E-state index is 0.180. The van der Waals surface area contributed by atoms with E-state index in [9.17, 15) is 19.2 Å². The summed E-state index contributed by atoms with van der Waals surface area (Å²) in [6.07, 6.45) is 1.29. The largest absolute Gasteiger partial charge is 0.493 e. The van der Waals surface area contributed by atoms with Crippen LogP contribution in [0.5, 0.6) is 11.5 Å². The first-order valence-corrected chi connectivity index (χ1v) is 8.87. The predicted octanol–water partition coefficient (Wildman–Crippen LogP) is 2.48. The maximum atomic E-state index is 12.9. The van der Waals surface area contributed by atoms with Gasteiger partial charge in [0.25, 0.3) is 11.8 Å². The van der Waals surface area contributed by atoms with Gasteiger partial charge in [-0.1, -0.05) is 17.7 Å². The van der Waals surface area contributed by atoms with Crippen LogP contribution in [0.15, 0.2) is 48.0 Å². The summed E-state index contributed by atoms with van der Waals surface area (Å²) in [5.74, 6) is -2.42. The molecular formula is C20H15ClN2O7. The molecule has 10 heteroatoms. The van der Waals surface area contributed by atoms with E-state index >= 15 is 0 Å². The van der Waals surface area contributed by atoms with Gasteiger partial charge >= 0.3 is 12.0 Å². The molecule has 1 aliphatic rings. The number of carbonyl (C=O) groups excluding carboxylic acids is 3. The van der Waals surface area contributed by atoms with Crippen LogP contribution in [0.4, 0.5) is 10.5 Å². The molecule has 1 heterocycles. The van der Waals surface area contributed by atoms with Gasteiger partial charge in [0.15, 0.2) is 18.1 Å². The Morgan fingerprint density at radius 2 is 1.83 bits per heavy atom. The molecule has 3 rings (SSSR count). The third-order valence-corrected chi connectivity index (χ3v) is 4.29. The van der Waals surface area contributed by atoms with Crippen molar-refractivity contribution in [3.8, 4) is 11.5 Å². The molecule has 0 spiro atoms. The second kappa shape index (κ2) is 8.66. The minimum atomic E-state index is -1.15. The first-order chi connectivity index (χ1) is 14.3. The predicted molar refractivity (Wildman–Crippen MR) is 107 cm³/mol. The minimum Gasteiger partial charge on any atom is -0.493 e. The van der Waals surface area contributed by atoms with Gasteiger partial charge in [-0.2, -0.15) is 0 Å². The average molecular weight is 431 g/mol. The monoisotopic (exact) mass is 430 g/mol. The Hall–Kier alpha value is -3.85. The van der Waals surface area contributed by atoms with Gasteiger partial charge in [-0.25, -0.2) is 14.5 Å². The van der Waals surface area contributed by atoms with E-state index in [4.69, 9.17) is 26.2 Å². The number of ether oxygens (including phenoxy) is 2. The molecule has 0 atom stereocenters. The van der Waals surface area contributed by atoms with Gasteiger partial charge in [0.2, 0.25) is 0 Å². The van der Waals surface area contributed by atoms with E-state index in [1.165, 1.54) is 55.7 Å². The molecule has 1 aliphatic heterocycles. The first-order valence-electron chi connectivity index (χ1n) is 8.50. The fraction of sp³-hybridized carbons (Fsp3) is 0.100. The number of anilines is 1. The smallest absolute Gasteiger partial charge is 0.341 e. The first kappa shape index (κ1) is 20.9. The number of hydrogen-bond donors (Lipinski definition) is 2. The lowest BCUT2D eigenvalue weighted by molar-refractivity contribution is -0.139. The Labute approximate surface area is 175 Å². The number of methoxy groups -OCH3 is 1. The Kier molecular flexibility index (Phi) is 6.03. The summed E-state index contributed by atoms with van der Waals surface area (Å²) in [7, 11) is 1.36. The molecule has 1 fully saturated rings. The van der Waals surface area contributed by atoms with E-state index in [-0.39, 0.29) is 22.8 Å². The van der Waals surface area contributed by atoms with Crippen LogP contribution in [0, 0.1) is 0 Å². The van der Waals surface area contributed by atoms with Crippen LogP contribution in [-0.2, 0) is 14.4 Å². The number of aliphatic carboxylic acids is 1. The highest BCUT2D eigenvalue weighted by Gasteiger charge is 2.36. The molecule has 0 saturated carbocycles. The summed E-state index contributed by atoms with van der Waals surface area (Å²) >= 11 is 5.84. The van der Waals surface area contributed by atoms with Gasteiger partial charge in [-0.3, -0.25) is 14.9 Å². The topological polar surface area (TPSA) is 122 Å². The second-order valence-electron chi connectivity index (χ2n) is 6.03. The molecule has 9 nitrogen and oxygen atoms in total. The number of carbonyl (C=O) groups is 4. The molecule has 2 aromatic carbocycles. The summed E-state index contributed by atoms with van der Waals surface area (Å²) in [4.78, 5) is 48.8. The van der Waals surface area contributed by atoms with Gasteiger partial charge in [-0.15, -0.1) is 0 Å².